The summed E-state index contributed by atoms with van der Waals surface area (Å²) in [7, 11) is 0. The Morgan fingerprint density at radius 1 is 0.690 bits per heavy atom. The molecule has 0 saturated carbocycles. The van der Waals surface area contributed by atoms with Gasteiger partial charge in [-0.2, -0.15) is 0 Å². The third-order valence-electron chi connectivity index (χ3n) is 9.28. The van der Waals surface area contributed by atoms with Gasteiger partial charge in [-0.15, -0.1) is 9.13 Å². The fourth-order valence-corrected chi connectivity index (χ4v) is 7.31. The lowest BCUT2D eigenvalue weighted by atomic mass is 9.89. The highest BCUT2D eigenvalue weighted by Crippen LogP contribution is 2.50. The molecule has 1 unspecified atom stereocenters. The molecule has 0 N–H and O–H groups in total. The van der Waals surface area contributed by atoms with Crippen molar-refractivity contribution in [2.24, 2.45) is 0 Å². The van der Waals surface area contributed by atoms with Gasteiger partial charge in [0.1, 0.15) is 16.7 Å². The molecule has 2 aliphatic rings. The van der Waals surface area contributed by atoms with Gasteiger partial charge in [0.2, 0.25) is 17.1 Å². The second-order valence-corrected chi connectivity index (χ2v) is 11.9. The minimum atomic E-state index is -0.575. The van der Waals surface area contributed by atoms with Crippen LogP contribution < -0.4 is 9.13 Å². The van der Waals surface area contributed by atoms with Crippen molar-refractivity contribution >= 4 is 22.1 Å². The van der Waals surface area contributed by atoms with Crippen LogP contribution in [0.2, 0.25) is 0 Å². The average Bonchev–Trinajstić information content (AvgIpc) is 3.64. The summed E-state index contributed by atoms with van der Waals surface area (Å²) < 4.78 is 11.5. The molecule has 9 rings (SSSR count). The average molecular weight is 544 g/mol. The van der Waals surface area contributed by atoms with Crippen LogP contribution in [0.25, 0.3) is 55.7 Å². The van der Waals surface area contributed by atoms with Crippen molar-refractivity contribution in [3.05, 3.63) is 138 Å². The molecule has 1 atom stereocenters. The van der Waals surface area contributed by atoms with Gasteiger partial charge in [-0.3, -0.25) is 0 Å². The summed E-state index contributed by atoms with van der Waals surface area (Å²) in [5, 5.41) is 2.14. The molecule has 0 fully saturated rings. The molecular weight excluding hydrogens is 514 g/mol. The summed E-state index contributed by atoms with van der Waals surface area (Å²) in [6.45, 7) is 6.49. The second-order valence-electron chi connectivity index (χ2n) is 11.9. The van der Waals surface area contributed by atoms with Gasteiger partial charge in [0.25, 0.3) is 0 Å². The van der Waals surface area contributed by atoms with Crippen LogP contribution in [0.5, 0.6) is 0 Å². The molecule has 4 nitrogen and oxygen atoms in total. The van der Waals surface area contributed by atoms with E-state index in [1.165, 1.54) is 39.1 Å². The number of benzene rings is 3. The Hall–Kier alpha value is -5.09. The summed E-state index contributed by atoms with van der Waals surface area (Å²) >= 11 is 0. The maximum absolute atomic E-state index is 6.67. The van der Waals surface area contributed by atoms with E-state index in [-0.39, 0.29) is 0 Å². The van der Waals surface area contributed by atoms with E-state index in [9.17, 15) is 0 Å². The third kappa shape index (κ3) is 2.89. The Balaban J connectivity index is 1.41. The van der Waals surface area contributed by atoms with Gasteiger partial charge in [-0.1, -0.05) is 50.2 Å². The second kappa shape index (κ2) is 8.23. The molecule has 0 radical (unpaired) electrons. The van der Waals surface area contributed by atoms with Gasteiger partial charge >= 0.3 is 5.66 Å². The van der Waals surface area contributed by atoms with Crippen LogP contribution >= 0.6 is 0 Å². The third-order valence-corrected chi connectivity index (χ3v) is 9.28. The van der Waals surface area contributed by atoms with E-state index in [1.807, 2.05) is 6.92 Å². The van der Waals surface area contributed by atoms with Gasteiger partial charge < -0.3 is 4.42 Å². The number of hydrogen-bond donors (Lipinski definition) is 0. The van der Waals surface area contributed by atoms with Crippen LogP contribution in [0.3, 0.4) is 0 Å². The monoisotopic (exact) mass is 543 g/mol. The number of nitrogens with zero attached hydrogens (tertiary/aromatic N) is 3. The number of furan rings is 1. The van der Waals surface area contributed by atoms with E-state index in [2.05, 4.69) is 139 Å². The lowest BCUT2D eigenvalue weighted by Crippen LogP contribution is -2.71. The summed E-state index contributed by atoms with van der Waals surface area (Å²) in [6, 6.07) is 37.6. The highest BCUT2D eigenvalue weighted by atomic mass is 16.3. The Bertz CT molecular complexity index is 2200. The number of fused-ring (bicyclic) bond motifs is 14. The lowest BCUT2D eigenvalue weighted by molar-refractivity contribution is -0.955. The largest absolute Gasteiger partial charge is 0.437 e. The number of hydrogen-bond acceptors (Lipinski definition) is 2. The molecule has 200 valence electrons. The normalized spacial score (nSPS) is 16.3. The van der Waals surface area contributed by atoms with Crippen LogP contribution in [0.15, 0.2) is 120 Å². The van der Waals surface area contributed by atoms with Gasteiger partial charge in [0.15, 0.2) is 18.0 Å². The van der Waals surface area contributed by atoms with Crippen LogP contribution in [0.1, 0.15) is 42.1 Å². The minimum Gasteiger partial charge on any atom is -0.437 e. The van der Waals surface area contributed by atoms with E-state index in [4.69, 9.17) is 9.40 Å². The maximum Gasteiger partial charge on any atom is 0.417 e. The van der Waals surface area contributed by atoms with Gasteiger partial charge in [-0.05, 0) is 72.0 Å². The summed E-state index contributed by atoms with van der Waals surface area (Å²) in [4.78, 5) is 4.76. The topological polar surface area (TPSA) is 33.8 Å². The van der Waals surface area contributed by atoms with Crippen LogP contribution in [0, 0.1) is 6.92 Å². The number of aryl methyl sites for hydroxylation is 1. The highest BCUT2D eigenvalue weighted by Gasteiger charge is 2.67. The molecule has 4 aromatic heterocycles. The molecule has 0 aliphatic carbocycles. The Kier molecular flexibility index (Phi) is 4.63. The molecule has 7 aromatic rings. The molecule has 2 aliphatic heterocycles. The zero-order valence-electron chi connectivity index (χ0n) is 23.8. The Morgan fingerprint density at radius 3 is 2.33 bits per heavy atom. The number of aromatic nitrogens is 3. The molecule has 0 bridgehead atoms. The molecule has 4 heteroatoms. The first-order valence-electron chi connectivity index (χ1n) is 14.7. The van der Waals surface area contributed by atoms with Crippen molar-refractivity contribution in [3.8, 4) is 33.6 Å². The predicted octanol–water partition coefficient (Wildman–Crippen LogP) is 7.91. The zero-order chi connectivity index (χ0) is 28.2. The van der Waals surface area contributed by atoms with Crippen molar-refractivity contribution < 1.29 is 13.6 Å². The number of rotatable bonds is 2. The summed E-state index contributed by atoms with van der Waals surface area (Å²) in [5.41, 5.74) is 12.9. The first-order chi connectivity index (χ1) is 20.6. The SMILES string of the molecule is Cc1ccc2c(n1)oc1c3c(ccc12)C1(c2ccccc2-c2cccc[n+]21)[n+]1ccc(-c2ccc(C(C)C)cc2)cc1-3. The van der Waals surface area contributed by atoms with E-state index >= 15 is 0 Å². The molecule has 1 spiro atoms. The lowest BCUT2D eigenvalue weighted by Gasteiger charge is -2.17. The molecule has 0 amide bonds. The fourth-order valence-electron chi connectivity index (χ4n) is 7.31. The Morgan fingerprint density at radius 2 is 1.48 bits per heavy atom. The van der Waals surface area contributed by atoms with Crippen LogP contribution in [-0.2, 0) is 5.66 Å². The van der Waals surface area contributed by atoms with Crippen LogP contribution in [0.4, 0.5) is 0 Å². The van der Waals surface area contributed by atoms with Gasteiger partial charge in [0.05, 0.1) is 5.56 Å². The van der Waals surface area contributed by atoms with E-state index in [1.54, 1.807) is 0 Å². The number of pyridine rings is 3. The van der Waals surface area contributed by atoms with E-state index < -0.39 is 5.66 Å². The molecule has 0 saturated heterocycles. The highest BCUT2D eigenvalue weighted by molar-refractivity contribution is 6.09. The van der Waals surface area contributed by atoms with Crippen molar-refractivity contribution in [3.63, 3.8) is 0 Å². The first kappa shape index (κ1) is 23.6. The molecular formula is C38H29N3O+2. The van der Waals surface area contributed by atoms with Crippen molar-refractivity contribution in [1.82, 2.24) is 4.98 Å². The van der Waals surface area contributed by atoms with E-state index in [0.717, 1.165) is 33.3 Å². The smallest absolute Gasteiger partial charge is 0.417 e. The standard InChI is InChI=1S/C38H29N3O/c1-23(2)25-12-14-26(15-13-25)27-19-21-41-34(22-27)35-32(18-17-28-29-16-11-24(3)39-37(29)42-36(28)35)38(41)31-9-5-4-8-30(31)33-10-6-7-20-40(33)38/h4-23H,1-3H3/q+2. The zero-order valence-corrected chi connectivity index (χ0v) is 23.8. The van der Waals surface area contributed by atoms with Crippen molar-refractivity contribution in [2.75, 3.05) is 0 Å². The quantitative estimate of drug-likeness (QED) is 0.208. The van der Waals surface area contributed by atoms with Gasteiger partial charge in [0, 0.05) is 40.7 Å². The predicted molar refractivity (Wildman–Crippen MR) is 165 cm³/mol. The minimum absolute atomic E-state index is 0.500. The van der Waals surface area contributed by atoms with E-state index in [0.29, 0.717) is 11.6 Å². The maximum atomic E-state index is 6.67. The van der Waals surface area contributed by atoms with Crippen molar-refractivity contribution in [2.45, 2.75) is 32.4 Å². The molecule has 42 heavy (non-hydrogen) atoms. The van der Waals surface area contributed by atoms with Gasteiger partial charge in [-0.25, -0.2) is 4.98 Å². The summed E-state index contributed by atoms with van der Waals surface area (Å²) in [5.74, 6) is 0.500. The molecule has 3 aromatic carbocycles. The fraction of sp³-hybridized carbons (Fsp3) is 0.132. The molecule has 6 heterocycles. The first-order valence-corrected chi connectivity index (χ1v) is 14.7. The Labute approximate surface area is 244 Å². The van der Waals surface area contributed by atoms with Crippen molar-refractivity contribution in [1.29, 1.82) is 0 Å². The van der Waals surface area contributed by atoms with Crippen LogP contribution in [-0.4, -0.2) is 4.98 Å². The summed E-state index contributed by atoms with van der Waals surface area (Å²) in [6.07, 6.45) is 4.48.